The van der Waals surface area contributed by atoms with E-state index in [-0.39, 0.29) is 17.1 Å². The summed E-state index contributed by atoms with van der Waals surface area (Å²) in [6.45, 7) is 1.49. The zero-order chi connectivity index (χ0) is 18.5. The van der Waals surface area contributed by atoms with Crippen LogP contribution < -0.4 is 19.7 Å². The number of methoxy groups -OCH3 is 2. The van der Waals surface area contributed by atoms with E-state index in [4.69, 9.17) is 21.1 Å². The molecule has 0 aliphatic carbocycles. The van der Waals surface area contributed by atoms with Crippen molar-refractivity contribution in [3.8, 4) is 11.5 Å². The number of carbonyl (C=O) groups is 1. The van der Waals surface area contributed by atoms with Gasteiger partial charge in [0, 0.05) is 49.1 Å². The van der Waals surface area contributed by atoms with Crippen molar-refractivity contribution in [2.45, 2.75) is 12.8 Å². The first-order valence-corrected chi connectivity index (χ1v) is 8.74. The van der Waals surface area contributed by atoms with E-state index in [1.165, 1.54) is 0 Å². The lowest BCUT2D eigenvalue weighted by molar-refractivity contribution is -0.120. The van der Waals surface area contributed by atoms with Gasteiger partial charge in [-0.05, 0) is 30.5 Å². The van der Waals surface area contributed by atoms with Crippen LogP contribution in [0.4, 0.5) is 11.5 Å². The molecule has 3 rings (SSSR count). The van der Waals surface area contributed by atoms with Crippen LogP contribution in [0.1, 0.15) is 12.8 Å². The summed E-state index contributed by atoms with van der Waals surface area (Å²) in [6.07, 6.45) is 3.13. The Kier molecular flexibility index (Phi) is 5.78. The van der Waals surface area contributed by atoms with Crippen LogP contribution in [0.25, 0.3) is 0 Å². The summed E-state index contributed by atoms with van der Waals surface area (Å²) in [7, 11) is 3.16. The topological polar surface area (TPSA) is 76.6 Å². The standard InChI is InChI=1S/C18H21ClN4O3/c1-25-14-9-13(10-15(11-14)26-2)21-17(24)12-4-7-23(8-5-12)16-3-6-20-18(19)22-16/h3,6,9-12H,4-5,7-8H2,1-2H3,(H,21,24). The third-order valence-corrected chi connectivity index (χ3v) is 4.60. The minimum absolute atomic E-state index is 0.000626. The molecule has 1 amide bonds. The summed E-state index contributed by atoms with van der Waals surface area (Å²) < 4.78 is 10.5. The molecule has 2 heterocycles. The second-order valence-electron chi connectivity index (χ2n) is 6.04. The summed E-state index contributed by atoms with van der Waals surface area (Å²) in [5, 5.41) is 3.19. The molecule has 0 saturated carbocycles. The summed E-state index contributed by atoms with van der Waals surface area (Å²) in [5.74, 6) is 2.01. The highest BCUT2D eigenvalue weighted by Crippen LogP contribution is 2.28. The van der Waals surface area contributed by atoms with Crippen molar-refractivity contribution in [1.29, 1.82) is 0 Å². The van der Waals surface area contributed by atoms with Crippen LogP contribution in [0, 0.1) is 5.92 Å². The van der Waals surface area contributed by atoms with Gasteiger partial charge in [-0.15, -0.1) is 0 Å². The molecular formula is C18H21ClN4O3. The maximum absolute atomic E-state index is 12.6. The van der Waals surface area contributed by atoms with Crippen molar-refractivity contribution in [2.75, 3.05) is 37.5 Å². The highest BCUT2D eigenvalue weighted by Gasteiger charge is 2.26. The summed E-state index contributed by atoms with van der Waals surface area (Å²) in [4.78, 5) is 22.8. The molecule has 1 aromatic carbocycles. The number of ether oxygens (including phenoxy) is 2. The Bertz CT molecular complexity index is 757. The Hall–Kier alpha value is -2.54. The fourth-order valence-electron chi connectivity index (χ4n) is 3.00. The van der Waals surface area contributed by atoms with Crippen LogP contribution in [0.15, 0.2) is 30.5 Å². The minimum atomic E-state index is -0.0549. The number of rotatable bonds is 5. The van der Waals surface area contributed by atoms with E-state index in [2.05, 4.69) is 20.2 Å². The number of nitrogens with one attached hydrogen (secondary N) is 1. The second kappa shape index (κ2) is 8.23. The van der Waals surface area contributed by atoms with Crippen molar-refractivity contribution in [2.24, 2.45) is 5.92 Å². The van der Waals surface area contributed by atoms with Crippen LogP contribution in [-0.2, 0) is 4.79 Å². The monoisotopic (exact) mass is 376 g/mol. The zero-order valence-electron chi connectivity index (χ0n) is 14.7. The number of aromatic nitrogens is 2. The summed E-state index contributed by atoms with van der Waals surface area (Å²) >= 11 is 5.85. The lowest BCUT2D eigenvalue weighted by Crippen LogP contribution is -2.38. The fraction of sp³-hybridized carbons (Fsp3) is 0.389. The number of anilines is 2. The van der Waals surface area contributed by atoms with Gasteiger partial charge in [-0.3, -0.25) is 4.79 Å². The fourth-order valence-corrected chi connectivity index (χ4v) is 3.14. The Labute approximate surface area is 157 Å². The van der Waals surface area contributed by atoms with Crippen molar-refractivity contribution >= 4 is 29.0 Å². The molecule has 1 aromatic heterocycles. The van der Waals surface area contributed by atoms with E-state index in [1.54, 1.807) is 38.6 Å². The van der Waals surface area contributed by atoms with Gasteiger partial charge >= 0.3 is 0 Å². The van der Waals surface area contributed by atoms with Gasteiger partial charge in [0.2, 0.25) is 11.2 Å². The molecule has 138 valence electrons. The normalized spacial score (nSPS) is 14.8. The Morgan fingerprint density at radius 1 is 1.19 bits per heavy atom. The van der Waals surface area contributed by atoms with E-state index in [0.717, 1.165) is 31.7 Å². The average Bonchev–Trinajstić information content (AvgIpc) is 2.67. The highest BCUT2D eigenvalue weighted by atomic mass is 35.5. The molecule has 1 N–H and O–H groups in total. The third kappa shape index (κ3) is 4.35. The van der Waals surface area contributed by atoms with Crippen molar-refractivity contribution in [3.05, 3.63) is 35.7 Å². The number of piperidine rings is 1. The van der Waals surface area contributed by atoms with E-state index >= 15 is 0 Å². The molecule has 0 bridgehead atoms. The van der Waals surface area contributed by atoms with Crippen LogP contribution in [0.5, 0.6) is 11.5 Å². The number of amides is 1. The molecule has 0 unspecified atom stereocenters. The molecule has 1 saturated heterocycles. The molecule has 2 aromatic rings. The van der Waals surface area contributed by atoms with Gasteiger partial charge in [-0.2, -0.15) is 0 Å². The number of hydrogen-bond acceptors (Lipinski definition) is 6. The molecule has 0 spiro atoms. The Morgan fingerprint density at radius 3 is 2.42 bits per heavy atom. The number of benzene rings is 1. The van der Waals surface area contributed by atoms with Gasteiger partial charge in [0.1, 0.15) is 17.3 Å². The summed E-state index contributed by atoms with van der Waals surface area (Å²) in [6, 6.07) is 7.15. The smallest absolute Gasteiger partial charge is 0.227 e. The highest BCUT2D eigenvalue weighted by molar-refractivity contribution is 6.28. The number of halogens is 1. The lowest BCUT2D eigenvalue weighted by atomic mass is 9.96. The van der Waals surface area contributed by atoms with E-state index in [0.29, 0.717) is 17.2 Å². The first-order chi connectivity index (χ1) is 12.6. The summed E-state index contributed by atoms with van der Waals surface area (Å²) in [5.41, 5.74) is 0.663. The molecule has 0 radical (unpaired) electrons. The largest absolute Gasteiger partial charge is 0.497 e. The molecule has 1 aliphatic heterocycles. The molecule has 0 atom stereocenters. The van der Waals surface area contributed by atoms with Gasteiger partial charge in [0.25, 0.3) is 0 Å². The second-order valence-corrected chi connectivity index (χ2v) is 6.37. The quantitative estimate of drug-likeness (QED) is 0.808. The predicted molar refractivity (Wildman–Crippen MR) is 100 cm³/mol. The molecule has 1 fully saturated rings. The predicted octanol–water partition coefficient (Wildman–Crippen LogP) is 3.00. The van der Waals surface area contributed by atoms with Gasteiger partial charge in [-0.1, -0.05) is 0 Å². The Morgan fingerprint density at radius 2 is 1.85 bits per heavy atom. The lowest BCUT2D eigenvalue weighted by Gasteiger charge is -2.32. The number of carbonyl (C=O) groups excluding carboxylic acids is 1. The van der Waals surface area contributed by atoms with Crippen LogP contribution in [0.3, 0.4) is 0 Å². The minimum Gasteiger partial charge on any atom is -0.497 e. The van der Waals surface area contributed by atoms with Crippen LogP contribution >= 0.6 is 11.6 Å². The van der Waals surface area contributed by atoms with E-state index in [1.807, 2.05) is 6.07 Å². The molecule has 26 heavy (non-hydrogen) atoms. The maximum Gasteiger partial charge on any atom is 0.227 e. The number of nitrogens with zero attached hydrogens (tertiary/aromatic N) is 3. The third-order valence-electron chi connectivity index (χ3n) is 4.42. The van der Waals surface area contributed by atoms with E-state index < -0.39 is 0 Å². The molecule has 7 nitrogen and oxygen atoms in total. The van der Waals surface area contributed by atoms with Gasteiger partial charge in [0.15, 0.2) is 0 Å². The first-order valence-electron chi connectivity index (χ1n) is 8.36. The van der Waals surface area contributed by atoms with Gasteiger partial charge in [-0.25, -0.2) is 9.97 Å². The van der Waals surface area contributed by atoms with Crippen LogP contribution in [-0.4, -0.2) is 43.2 Å². The van der Waals surface area contributed by atoms with E-state index in [9.17, 15) is 4.79 Å². The number of hydrogen-bond donors (Lipinski definition) is 1. The van der Waals surface area contributed by atoms with Crippen molar-refractivity contribution in [3.63, 3.8) is 0 Å². The Balaban J connectivity index is 1.60. The van der Waals surface area contributed by atoms with Crippen molar-refractivity contribution < 1.29 is 14.3 Å². The maximum atomic E-state index is 12.6. The van der Waals surface area contributed by atoms with Gasteiger partial charge in [0.05, 0.1) is 14.2 Å². The van der Waals surface area contributed by atoms with Crippen LogP contribution in [0.2, 0.25) is 5.28 Å². The molecule has 1 aliphatic rings. The average molecular weight is 377 g/mol. The molecule has 8 heteroatoms. The zero-order valence-corrected chi connectivity index (χ0v) is 15.5. The SMILES string of the molecule is COc1cc(NC(=O)C2CCN(c3ccnc(Cl)n3)CC2)cc(OC)c1. The first kappa shape index (κ1) is 18.3. The van der Waals surface area contributed by atoms with Gasteiger partial charge < -0.3 is 19.7 Å². The molecular weight excluding hydrogens is 356 g/mol. The van der Waals surface area contributed by atoms with Crippen molar-refractivity contribution in [1.82, 2.24) is 9.97 Å².